The molecule has 0 aliphatic rings. The van der Waals surface area contributed by atoms with Crippen molar-refractivity contribution in [3.05, 3.63) is 47.7 Å². The first-order chi connectivity index (χ1) is 8.15. The van der Waals surface area contributed by atoms with Crippen molar-refractivity contribution in [1.82, 2.24) is 4.98 Å². The molecule has 0 aliphatic carbocycles. The van der Waals surface area contributed by atoms with Crippen LogP contribution in [0.4, 0.5) is 5.69 Å². The van der Waals surface area contributed by atoms with Gasteiger partial charge in [-0.1, -0.05) is 12.2 Å². The SMILES string of the molecule is Cc1ccc(CNc2ccnc(C(N)=S)c2)o1. The van der Waals surface area contributed by atoms with Gasteiger partial charge >= 0.3 is 0 Å². The fourth-order valence-corrected chi connectivity index (χ4v) is 1.56. The number of hydrogen-bond donors (Lipinski definition) is 2. The van der Waals surface area contributed by atoms with E-state index in [1.165, 1.54) is 0 Å². The molecule has 0 bridgehead atoms. The summed E-state index contributed by atoms with van der Waals surface area (Å²) in [6.07, 6.45) is 1.67. The molecule has 0 saturated carbocycles. The summed E-state index contributed by atoms with van der Waals surface area (Å²) < 4.78 is 5.45. The second kappa shape index (κ2) is 4.97. The van der Waals surface area contributed by atoms with E-state index in [0.717, 1.165) is 17.2 Å². The van der Waals surface area contributed by atoms with Crippen LogP contribution < -0.4 is 11.1 Å². The molecule has 0 atom stereocenters. The number of pyridine rings is 1. The normalized spacial score (nSPS) is 10.2. The molecular formula is C12H13N3OS. The number of furan rings is 1. The average molecular weight is 247 g/mol. The van der Waals surface area contributed by atoms with Gasteiger partial charge in [0.1, 0.15) is 16.5 Å². The Balaban J connectivity index is 2.04. The standard InChI is InChI=1S/C12H13N3OS/c1-8-2-3-10(16-8)7-15-9-4-5-14-11(6-9)12(13)17/h2-6H,7H2,1H3,(H2,13,17)(H,14,15). The molecule has 0 radical (unpaired) electrons. The fourth-order valence-electron chi connectivity index (χ4n) is 1.44. The summed E-state index contributed by atoms with van der Waals surface area (Å²) in [5.74, 6) is 1.79. The summed E-state index contributed by atoms with van der Waals surface area (Å²) in [6, 6.07) is 7.55. The van der Waals surface area contributed by atoms with Gasteiger partial charge in [-0.25, -0.2) is 0 Å². The molecule has 2 aromatic rings. The van der Waals surface area contributed by atoms with Crippen molar-refractivity contribution in [2.45, 2.75) is 13.5 Å². The highest BCUT2D eigenvalue weighted by Gasteiger charge is 2.01. The third-order valence-corrected chi connectivity index (χ3v) is 2.48. The van der Waals surface area contributed by atoms with Crippen LogP contribution in [0.15, 0.2) is 34.9 Å². The van der Waals surface area contributed by atoms with Gasteiger partial charge in [-0.3, -0.25) is 4.98 Å². The zero-order chi connectivity index (χ0) is 12.3. The summed E-state index contributed by atoms with van der Waals surface area (Å²) >= 11 is 4.87. The zero-order valence-corrected chi connectivity index (χ0v) is 10.3. The van der Waals surface area contributed by atoms with Gasteiger partial charge in [-0.2, -0.15) is 0 Å². The molecule has 0 fully saturated rings. The van der Waals surface area contributed by atoms with E-state index in [1.807, 2.05) is 31.2 Å². The van der Waals surface area contributed by atoms with Crippen LogP contribution in [0.2, 0.25) is 0 Å². The van der Waals surface area contributed by atoms with Crippen LogP contribution in [0.5, 0.6) is 0 Å². The number of rotatable bonds is 4. The summed E-state index contributed by atoms with van der Waals surface area (Å²) in [5, 5.41) is 3.22. The number of nitrogens with zero attached hydrogens (tertiary/aromatic N) is 1. The van der Waals surface area contributed by atoms with Crippen LogP contribution in [0, 0.1) is 6.92 Å². The molecule has 0 spiro atoms. The largest absolute Gasteiger partial charge is 0.465 e. The highest BCUT2D eigenvalue weighted by molar-refractivity contribution is 7.80. The van der Waals surface area contributed by atoms with Gasteiger partial charge in [0, 0.05) is 11.9 Å². The number of nitrogens with one attached hydrogen (secondary N) is 1. The average Bonchev–Trinajstić information content (AvgIpc) is 2.73. The molecule has 88 valence electrons. The fraction of sp³-hybridized carbons (Fsp3) is 0.167. The van der Waals surface area contributed by atoms with Gasteiger partial charge < -0.3 is 15.5 Å². The Morgan fingerprint density at radius 3 is 2.94 bits per heavy atom. The van der Waals surface area contributed by atoms with E-state index in [-0.39, 0.29) is 0 Å². The molecule has 0 saturated heterocycles. The highest BCUT2D eigenvalue weighted by atomic mass is 32.1. The van der Waals surface area contributed by atoms with Gasteiger partial charge in [0.25, 0.3) is 0 Å². The van der Waals surface area contributed by atoms with Crippen LogP contribution >= 0.6 is 12.2 Å². The minimum Gasteiger partial charge on any atom is -0.465 e. The van der Waals surface area contributed by atoms with Crippen molar-refractivity contribution in [3.63, 3.8) is 0 Å². The van der Waals surface area contributed by atoms with Gasteiger partial charge in [0.2, 0.25) is 0 Å². The summed E-state index contributed by atoms with van der Waals surface area (Å²) in [5.41, 5.74) is 7.04. The predicted molar refractivity (Wildman–Crippen MR) is 70.9 cm³/mol. The molecule has 2 rings (SSSR count). The summed E-state index contributed by atoms with van der Waals surface area (Å²) in [7, 11) is 0. The number of aryl methyl sites for hydroxylation is 1. The number of hydrogen-bond acceptors (Lipinski definition) is 4. The van der Waals surface area contributed by atoms with Crippen LogP contribution in [0.3, 0.4) is 0 Å². The number of nitrogens with two attached hydrogens (primary N) is 1. The first-order valence-corrected chi connectivity index (χ1v) is 5.61. The smallest absolute Gasteiger partial charge is 0.123 e. The molecule has 17 heavy (non-hydrogen) atoms. The topological polar surface area (TPSA) is 64.1 Å². The zero-order valence-electron chi connectivity index (χ0n) is 9.43. The Kier molecular flexibility index (Phi) is 3.39. The Hall–Kier alpha value is -1.88. The van der Waals surface area contributed by atoms with E-state index in [1.54, 1.807) is 6.20 Å². The first kappa shape index (κ1) is 11.6. The maximum absolute atomic E-state index is 5.52. The van der Waals surface area contributed by atoms with E-state index >= 15 is 0 Å². The van der Waals surface area contributed by atoms with E-state index < -0.39 is 0 Å². The van der Waals surface area contributed by atoms with Crippen LogP contribution in [-0.2, 0) is 6.54 Å². The van der Waals surface area contributed by atoms with Crippen molar-refractivity contribution in [2.24, 2.45) is 5.73 Å². The highest BCUT2D eigenvalue weighted by Crippen LogP contribution is 2.12. The van der Waals surface area contributed by atoms with Crippen LogP contribution in [-0.4, -0.2) is 9.97 Å². The molecule has 0 aromatic carbocycles. The molecule has 0 amide bonds. The van der Waals surface area contributed by atoms with Gasteiger partial charge in [-0.15, -0.1) is 0 Å². The second-order valence-corrected chi connectivity index (χ2v) is 4.10. The van der Waals surface area contributed by atoms with E-state index in [2.05, 4.69) is 10.3 Å². The third kappa shape index (κ3) is 3.04. The lowest BCUT2D eigenvalue weighted by molar-refractivity contribution is 0.490. The van der Waals surface area contributed by atoms with Crippen molar-refractivity contribution in [2.75, 3.05) is 5.32 Å². The molecule has 2 heterocycles. The maximum Gasteiger partial charge on any atom is 0.123 e. The third-order valence-electron chi connectivity index (χ3n) is 2.28. The van der Waals surface area contributed by atoms with Gasteiger partial charge in [0.05, 0.1) is 12.2 Å². The minimum atomic E-state index is 0.294. The molecule has 2 aromatic heterocycles. The van der Waals surface area contributed by atoms with Crippen molar-refractivity contribution in [3.8, 4) is 0 Å². The molecule has 3 N–H and O–H groups in total. The first-order valence-electron chi connectivity index (χ1n) is 5.20. The molecular weight excluding hydrogens is 234 g/mol. The van der Waals surface area contributed by atoms with Crippen molar-refractivity contribution in [1.29, 1.82) is 0 Å². The van der Waals surface area contributed by atoms with Gasteiger partial charge in [-0.05, 0) is 31.2 Å². The Bertz CT molecular complexity index is 536. The van der Waals surface area contributed by atoms with Gasteiger partial charge in [0.15, 0.2) is 0 Å². The van der Waals surface area contributed by atoms with E-state index in [0.29, 0.717) is 17.2 Å². The quantitative estimate of drug-likeness (QED) is 0.811. The molecule has 0 unspecified atom stereocenters. The molecule has 5 heteroatoms. The van der Waals surface area contributed by atoms with Crippen LogP contribution in [0.1, 0.15) is 17.2 Å². The number of anilines is 1. The number of thiocarbonyl (C=S) groups is 1. The summed E-state index contributed by atoms with van der Waals surface area (Å²) in [4.78, 5) is 4.36. The minimum absolute atomic E-state index is 0.294. The van der Waals surface area contributed by atoms with E-state index in [4.69, 9.17) is 22.4 Å². The van der Waals surface area contributed by atoms with Crippen molar-refractivity contribution >= 4 is 22.9 Å². The van der Waals surface area contributed by atoms with E-state index in [9.17, 15) is 0 Å². The molecule has 0 aliphatic heterocycles. The van der Waals surface area contributed by atoms with Crippen molar-refractivity contribution < 1.29 is 4.42 Å². The maximum atomic E-state index is 5.52. The Morgan fingerprint density at radius 2 is 2.29 bits per heavy atom. The number of aromatic nitrogens is 1. The predicted octanol–water partition coefficient (Wildman–Crippen LogP) is 2.23. The Morgan fingerprint density at radius 1 is 1.47 bits per heavy atom. The lowest BCUT2D eigenvalue weighted by Gasteiger charge is -2.05. The summed E-state index contributed by atoms with van der Waals surface area (Å²) in [6.45, 7) is 2.54. The Labute approximate surface area is 105 Å². The lowest BCUT2D eigenvalue weighted by Crippen LogP contribution is -2.11. The monoisotopic (exact) mass is 247 g/mol. The van der Waals surface area contributed by atoms with Crippen LogP contribution in [0.25, 0.3) is 0 Å². The second-order valence-electron chi connectivity index (χ2n) is 3.66. The molecule has 4 nitrogen and oxygen atoms in total. The lowest BCUT2D eigenvalue weighted by atomic mass is 10.3.